The molecule has 0 spiro atoms. The van der Waals surface area contributed by atoms with Crippen molar-refractivity contribution in [2.24, 2.45) is 0 Å². The van der Waals surface area contributed by atoms with Gasteiger partial charge in [-0.2, -0.15) is 5.26 Å². The van der Waals surface area contributed by atoms with Crippen LogP contribution in [0.15, 0.2) is 42.0 Å². The Morgan fingerprint density at radius 1 is 1.33 bits per heavy atom. The van der Waals surface area contributed by atoms with E-state index < -0.39 is 0 Å². The number of hydrogen-bond acceptors (Lipinski definition) is 3. The van der Waals surface area contributed by atoms with Crippen LogP contribution >= 0.6 is 0 Å². The highest BCUT2D eigenvalue weighted by Gasteiger charge is 2.34. The highest BCUT2D eigenvalue weighted by molar-refractivity contribution is 6.10. The van der Waals surface area contributed by atoms with Crippen LogP contribution < -0.4 is 10.2 Å². The Morgan fingerprint density at radius 3 is 2.70 bits per heavy atom. The van der Waals surface area contributed by atoms with Crippen LogP contribution in [0.5, 0.6) is 0 Å². The first kappa shape index (κ1) is 21.6. The van der Waals surface area contributed by atoms with E-state index in [1.807, 2.05) is 38.1 Å². The molecule has 1 heterocycles. The molecule has 0 saturated carbocycles. The predicted molar refractivity (Wildman–Crippen MR) is 125 cm³/mol. The molecule has 30 heavy (non-hydrogen) atoms. The van der Waals surface area contributed by atoms with E-state index in [9.17, 15) is 10.1 Å². The number of rotatable bonds is 4. The number of amides is 1. The maximum Gasteiger partial charge on any atom is 0.266 e. The minimum absolute atomic E-state index is 0.0978. The summed E-state index contributed by atoms with van der Waals surface area (Å²) in [5, 5.41) is 12.6. The second-order valence-corrected chi connectivity index (χ2v) is 8.88. The van der Waals surface area contributed by atoms with Crippen LogP contribution in [0.2, 0.25) is 0 Å². The number of para-hydroxylation sites is 1. The number of fused-ring (bicyclic) bond motifs is 1. The smallest absolute Gasteiger partial charge is 0.266 e. The van der Waals surface area contributed by atoms with E-state index in [0.29, 0.717) is 5.92 Å². The van der Waals surface area contributed by atoms with Gasteiger partial charge >= 0.3 is 0 Å². The van der Waals surface area contributed by atoms with Gasteiger partial charge in [0.1, 0.15) is 11.6 Å². The highest BCUT2D eigenvalue weighted by Crippen LogP contribution is 2.43. The van der Waals surface area contributed by atoms with E-state index in [1.165, 1.54) is 11.3 Å². The predicted octanol–water partition coefficient (Wildman–Crippen LogP) is 5.83. The van der Waals surface area contributed by atoms with Gasteiger partial charge in [-0.05, 0) is 86.1 Å². The van der Waals surface area contributed by atoms with Gasteiger partial charge in [-0.3, -0.25) is 4.79 Å². The van der Waals surface area contributed by atoms with E-state index in [4.69, 9.17) is 0 Å². The van der Waals surface area contributed by atoms with Gasteiger partial charge in [-0.15, -0.1) is 0 Å². The second kappa shape index (κ2) is 8.36. The lowest BCUT2D eigenvalue weighted by molar-refractivity contribution is -0.112. The van der Waals surface area contributed by atoms with Crippen molar-refractivity contribution >= 4 is 23.4 Å². The lowest BCUT2D eigenvalue weighted by Gasteiger charge is -2.45. The number of anilines is 2. The van der Waals surface area contributed by atoms with Crippen LogP contribution in [0.3, 0.4) is 0 Å². The van der Waals surface area contributed by atoms with Crippen molar-refractivity contribution in [3.63, 3.8) is 0 Å². The number of nitrogens with zero attached hydrogens (tertiary/aromatic N) is 2. The average Bonchev–Trinajstić information content (AvgIpc) is 2.71. The SMILES string of the molecule is CCc1ccccc1NC(=O)/C(C#N)=C/c1cc2c(cc1C)N(C)C(C)(C)CC2C. The average molecular weight is 402 g/mol. The first-order valence-electron chi connectivity index (χ1n) is 10.6. The van der Waals surface area contributed by atoms with Gasteiger partial charge in [-0.1, -0.05) is 32.0 Å². The number of hydrogen-bond donors (Lipinski definition) is 1. The van der Waals surface area contributed by atoms with Crippen molar-refractivity contribution in [2.45, 2.75) is 58.9 Å². The normalized spacial score (nSPS) is 17.8. The van der Waals surface area contributed by atoms with Crippen molar-refractivity contribution in [3.8, 4) is 6.07 Å². The lowest BCUT2D eigenvalue weighted by atomic mass is 9.79. The summed E-state index contributed by atoms with van der Waals surface area (Å²) < 4.78 is 0. The van der Waals surface area contributed by atoms with Crippen LogP contribution in [0.4, 0.5) is 11.4 Å². The number of benzene rings is 2. The molecule has 1 aliphatic rings. The molecule has 0 aliphatic carbocycles. The van der Waals surface area contributed by atoms with E-state index >= 15 is 0 Å². The molecule has 1 aliphatic heterocycles. The fourth-order valence-corrected chi connectivity index (χ4v) is 4.33. The van der Waals surface area contributed by atoms with Crippen LogP contribution in [0.25, 0.3) is 6.08 Å². The summed E-state index contributed by atoms with van der Waals surface area (Å²) in [6.07, 6.45) is 3.59. The standard InChI is InChI=1S/C26H31N3O/c1-7-19-10-8-9-11-23(19)28-25(30)21(16-27)13-20-14-22-18(3)15-26(4,5)29(6)24(22)12-17(20)2/h8-14,18H,7,15H2,1-6H3,(H,28,30)/b21-13+. The molecular weight excluding hydrogens is 370 g/mol. The Morgan fingerprint density at radius 2 is 2.03 bits per heavy atom. The van der Waals surface area contributed by atoms with Gasteiger partial charge in [0.15, 0.2) is 0 Å². The van der Waals surface area contributed by atoms with Gasteiger partial charge in [-0.25, -0.2) is 0 Å². The maximum absolute atomic E-state index is 12.8. The number of carbonyl (C=O) groups is 1. The Balaban J connectivity index is 1.96. The Kier molecular flexibility index (Phi) is 6.03. The molecule has 1 unspecified atom stereocenters. The Hall–Kier alpha value is -3.06. The van der Waals surface area contributed by atoms with Crippen molar-refractivity contribution in [3.05, 3.63) is 64.2 Å². The van der Waals surface area contributed by atoms with Crippen molar-refractivity contribution in [1.29, 1.82) is 5.26 Å². The Labute approximate surface area is 180 Å². The summed E-state index contributed by atoms with van der Waals surface area (Å²) in [4.78, 5) is 15.1. The van der Waals surface area contributed by atoms with Crippen molar-refractivity contribution in [2.75, 3.05) is 17.3 Å². The molecule has 2 aromatic rings. The molecule has 3 rings (SSSR count). The molecule has 0 fully saturated rings. The zero-order chi connectivity index (χ0) is 22.1. The molecule has 4 heteroatoms. The zero-order valence-electron chi connectivity index (χ0n) is 18.8. The quantitative estimate of drug-likeness (QED) is 0.518. The van der Waals surface area contributed by atoms with Crippen LogP contribution in [0.1, 0.15) is 62.3 Å². The van der Waals surface area contributed by atoms with E-state index in [2.05, 4.69) is 56.2 Å². The molecule has 1 atom stereocenters. The second-order valence-electron chi connectivity index (χ2n) is 8.88. The molecule has 1 amide bonds. The summed E-state index contributed by atoms with van der Waals surface area (Å²) in [6, 6.07) is 14.1. The molecule has 2 aromatic carbocycles. The molecule has 1 N–H and O–H groups in total. The number of carbonyl (C=O) groups excluding carboxylic acids is 1. The van der Waals surface area contributed by atoms with E-state index in [1.54, 1.807) is 6.08 Å². The summed E-state index contributed by atoms with van der Waals surface area (Å²) in [7, 11) is 2.14. The first-order chi connectivity index (χ1) is 14.2. The largest absolute Gasteiger partial charge is 0.369 e. The number of nitriles is 1. The maximum atomic E-state index is 12.8. The highest BCUT2D eigenvalue weighted by atomic mass is 16.1. The van der Waals surface area contributed by atoms with Crippen molar-refractivity contribution in [1.82, 2.24) is 0 Å². The summed E-state index contributed by atoms with van der Waals surface area (Å²) in [5.41, 5.74) is 6.49. The fraction of sp³-hybridized carbons (Fsp3) is 0.385. The third-order valence-electron chi connectivity index (χ3n) is 6.33. The van der Waals surface area contributed by atoms with Crippen LogP contribution in [0, 0.1) is 18.3 Å². The van der Waals surface area contributed by atoms with Gasteiger partial charge in [0, 0.05) is 24.0 Å². The molecule has 4 nitrogen and oxygen atoms in total. The van der Waals surface area contributed by atoms with Crippen LogP contribution in [-0.2, 0) is 11.2 Å². The Bertz CT molecular complexity index is 1040. The summed E-state index contributed by atoms with van der Waals surface area (Å²) in [5.74, 6) is 0.0385. The van der Waals surface area contributed by atoms with E-state index in [-0.39, 0.29) is 17.0 Å². The number of aryl methyl sites for hydroxylation is 2. The van der Waals surface area contributed by atoms with Gasteiger partial charge in [0.2, 0.25) is 0 Å². The lowest BCUT2D eigenvalue weighted by Crippen LogP contribution is -2.45. The third-order valence-corrected chi connectivity index (χ3v) is 6.33. The van der Waals surface area contributed by atoms with Crippen LogP contribution in [-0.4, -0.2) is 18.5 Å². The zero-order valence-corrected chi connectivity index (χ0v) is 18.8. The monoisotopic (exact) mass is 401 g/mol. The topological polar surface area (TPSA) is 56.1 Å². The van der Waals surface area contributed by atoms with E-state index in [0.717, 1.165) is 35.2 Å². The molecule has 0 radical (unpaired) electrons. The first-order valence-corrected chi connectivity index (χ1v) is 10.6. The minimum Gasteiger partial charge on any atom is -0.369 e. The molecule has 0 saturated heterocycles. The van der Waals surface area contributed by atoms with Crippen molar-refractivity contribution < 1.29 is 4.79 Å². The fourth-order valence-electron chi connectivity index (χ4n) is 4.33. The number of nitrogens with one attached hydrogen (secondary N) is 1. The summed E-state index contributed by atoms with van der Waals surface area (Å²) >= 11 is 0. The third kappa shape index (κ3) is 4.11. The minimum atomic E-state index is -0.373. The van der Waals surface area contributed by atoms with Gasteiger partial charge in [0.05, 0.1) is 0 Å². The van der Waals surface area contributed by atoms with Gasteiger partial charge in [0.25, 0.3) is 5.91 Å². The molecule has 0 bridgehead atoms. The van der Waals surface area contributed by atoms with Gasteiger partial charge < -0.3 is 10.2 Å². The molecule has 0 aromatic heterocycles. The summed E-state index contributed by atoms with van der Waals surface area (Å²) in [6.45, 7) is 10.9. The molecular formula is C26H31N3O. The molecule has 156 valence electrons.